The number of rotatable bonds is 6. The minimum Gasteiger partial charge on any atom is -0.492 e. The van der Waals surface area contributed by atoms with Gasteiger partial charge in [-0.1, -0.05) is 11.6 Å². The van der Waals surface area contributed by atoms with E-state index in [0.717, 1.165) is 18.4 Å². The zero-order valence-electron chi connectivity index (χ0n) is 11.4. The lowest BCUT2D eigenvalue weighted by atomic mass is 10.1. The van der Waals surface area contributed by atoms with Crippen molar-refractivity contribution in [2.24, 2.45) is 0 Å². The van der Waals surface area contributed by atoms with Crippen molar-refractivity contribution in [2.45, 2.75) is 39.2 Å². The lowest BCUT2D eigenvalue weighted by molar-refractivity contribution is -0.121. The van der Waals surface area contributed by atoms with Crippen LogP contribution in [0.4, 0.5) is 0 Å². The zero-order chi connectivity index (χ0) is 13.8. The molecule has 1 fully saturated rings. The zero-order valence-corrected chi connectivity index (χ0v) is 11.4. The number of ketones is 1. The number of aryl methyl sites for hydroxylation is 1. The van der Waals surface area contributed by atoms with Gasteiger partial charge in [-0.25, -0.2) is 0 Å². The van der Waals surface area contributed by atoms with Crippen LogP contribution >= 0.6 is 0 Å². The molecule has 19 heavy (non-hydrogen) atoms. The minimum absolute atomic E-state index is 0.0130. The van der Waals surface area contributed by atoms with Crippen molar-refractivity contribution in [3.63, 3.8) is 0 Å². The van der Waals surface area contributed by atoms with Crippen LogP contribution in [-0.2, 0) is 4.79 Å². The summed E-state index contributed by atoms with van der Waals surface area (Å²) in [6.07, 6.45) is 2.49. The monoisotopic (exact) mass is 261 g/mol. The van der Waals surface area contributed by atoms with Gasteiger partial charge in [0.2, 0.25) is 5.91 Å². The lowest BCUT2D eigenvalue weighted by Crippen LogP contribution is -2.26. The highest BCUT2D eigenvalue weighted by molar-refractivity contribution is 5.97. The Bertz CT molecular complexity index is 492. The summed E-state index contributed by atoms with van der Waals surface area (Å²) in [6, 6.07) is 5.86. The normalized spacial score (nSPS) is 14.0. The number of amides is 1. The smallest absolute Gasteiger partial charge is 0.223 e. The maximum Gasteiger partial charge on any atom is 0.223 e. The van der Waals surface area contributed by atoms with Crippen LogP contribution in [-0.4, -0.2) is 24.3 Å². The van der Waals surface area contributed by atoms with Gasteiger partial charge >= 0.3 is 0 Å². The van der Waals surface area contributed by atoms with Crippen molar-refractivity contribution >= 4 is 11.7 Å². The summed E-state index contributed by atoms with van der Waals surface area (Å²) in [7, 11) is 0. The van der Waals surface area contributed by atoms with Gasteiger partial charge in [-0.3, -0.25) is 9.59 Å². The fourth-order valence-corrected chi connectivity index (χ4v) is 1.83. The van der Waals surface area contributed by atoms with E-state index in [1.54, 1.807) is 6.07 Å². The third-order valence-corrected chi connectivity index (χ3v) is 3.04. The maximum atomic E-state index is 11.5. The number of hydrogen-bond acceptors (Lipinski definition) is 3. The second kappa shape index (κ2) is 5.87. The van der Waals surface area contributed by atoms with E-state index in [2.05, 4.69) is 5.32 Å². The number of Topliss-reactive ketones (excluding diaryl/α,β-unsaturated/α-hetero) is 1. The molecule has 1 aliphatic rings. The van der Waals surface area contributed by atoms with Crippen LogP contribution < -0.4 is 10.1 Å². The van der Waals surface area contributed by atoms with Gasteiger partial charge in [0.05, 0.1) is 18.6 Å². The molecule has 1 N–H and O–H groups in total. The number of carbonyl (C=O) groups excluding carboxylic acids is 2. The molecule has 0 aliphatic heterocycles. The standard InChI is InChI=1S/C15H19NO3/c1-10-3-6-14(13(9-10)11(2)17)19-8-7-15(18)16-12-4-5-12/h3,6,9,12H,4-5,7-8H2,1-2H3,(H,16,18). The highest BCUT2D eigenvalue weighted by Gasteiger charge is 2.22. The molecule has 1 aromatic carbocycles. The Morgan fingerprint density at radius 1 is 1.37 bits per heavy atom. The highest BCUT2D eigenvalue weighted by atomic mass is 16.5. The third kappa shape index (κ3) is 4.09. The number of carbonyl (C=O) groups is 2. The predicted octanol–water partition coefficient (Wildman–Crippen LogP) is 2.25. The van der Waals surface area contributed by atoms with Crippen molar-refractivity contribution in [3.8, 4) is 5.75 Å². The van der Waals surface area contributed by atoms with Gasteiger partial charge in [-0.05, 0) is 38.8 Å². The van der Waals surface area contributed by atoms with Crippen LogP contribution in [0.5, 0.6) is 5.75 Å². The predicted molar refractivity (Wildman–Crippen MR) is 72.5 cm³/mol. The number of nitrogens with one attached hydrogen (secondary N) is 1. The molecule has 1 aliphatic carbocycles. The molecule has 1 saturated carbocycles. The van der Waals surface area contributed by atoms with Crippen molar-refractivity contribution in [1.29, 1.82) is 0 Å². The Balaban J connectivity index is 1.87. The van der Waals surface area contributed by atoms with Gasteiger partial charge in [0.25, 0.3) is 0 Å². The molecule has 0 saturated heterocycles. The van der Waals surface area contributed by atoms with Crippen molar-refractivity contribution < 1.29 is 14.3 Å². The van der Waals surface area contributed by atoms with Crippen LogP contribution in [0, 0.1) is 6.92 Å². The van der Waals surface area contributed by atoms with Crippen LogP contribution in [0.15, 0.2) is 18.2 Å². The van der Waals surface area contributed by atoms with Gasteiger partial charge < -0.3 is 10.1 Å². The van der Waals surface area contributed by atoms with Gasteiger partial charge in [-0.2, -0.15) is 0 Å². The Kier molecular flexibility index (Phi) is 4.20. The molecule has 0 spiro atoms. The van der Waals surface area contributed by atoms with E-state index in [9.17, 15) is 9.59 Å². The summed E-state index contributed by atoms with van der Waals surface area (Å²) in [6.45, 7) is 3.74. The van der Waals surface area contributed by atoms with E-state index in [1.807, 2.05) is 19.1 Å². The number of hydrogen-bond donors (Lipinski definition) is 1. The van der Waals surface area contributed by atoms with Gasteiger partial charge in [0, 0.05) is 6.04 Å². The van der Waals surface area contributed by atoms with E-state index in [4.69, 9.17) is 4.74 Å². The fraction of sp³-hybridized carbons (Fsp3) is 0.467. The summed E-state index contributed by atoms with van der Waals surface area (Å²) < 4.78 is 5.54. The average Bonchev–Trinajstić information content (AvgIpc) is 3.14. The summed E-state index contributed by atoms with van der Waals surface area (Å²) >= 11 is 0. The van der Waals surface area contributed by atoms with Gasteiger partial charge in [0.15, 0.2) is 5.78 Å². The first-order valence-corrected chi connectivity index (χ1v) is 6.60. The Morgan fingerprint density at radius 3 is 2.74 bits per heavy atom. The molecule has 0 atom stereocenters. The molecule has 0 radical (unpaired) electrons. The molecule has 4 heteroatoms. The first-order valence-electron chi connectivity index (χ1n) is 6.60. The van der Waals surface area contributed by atoms with E-state index in [-0.39, 0.29) is 11.7 Å². The number of benzene rings is 1. The molecule has 4 nitrogen and oxygen atoms in total. The molecular formula is C15H19NO3. The van der Waals surface area contributed by atoms with Gasteiger partial charge in [0.1, 0.15) is 5.75 Å². The summed E-state index contributed by atoms with van der Waals surface area (Å²) in [4.78, 5) is 23.0. The average molecular weight is 261 g/mol. The topological polar surface area (TPSA) is 55.4 Å². The molecule has 2 rings (SSSR count). The summed E-state index contributed by atoms with van der Waals surface area (Å²) in [5.41, 5.74) is 1.59. The quantitative estimate of drug-likeness (QED) is 0.799. The van der Waals surface area contributed by atoms with Crippen molar-refractivity contribution in [3.05, 3.63) is 29.3 Å². The van der Waals surface area contributed by atoms with Crippen LogP contribution in [0.3, 0.4) is 0 Å². The summed E-state index contributed by atoms with van der Waals surface area (Å²) in [5.74, 6) is 0.539. The Morgan fingerprint density at radius 2 is 2.11 bits per heavy atom. The second-order valence-electron chi connectivity index (χ2n) is 5.00. The molecule has 102 valence electrons. The molecule has 0 bridgehead atoms. The fourth-order valence-electron chi connectivity index (χ4n) is 1.83. The van der Waals surface area contributed by atoms with Crippen molar-refractivity contribution in [2.75, 3.05) is 6.61 Å². The molecule has 0 unspecified atom stereocenters. The van der Waals surface area contributed by atoms with E-state index >= 15 is 0 Å². The SMILES string of the molecule is CC(=O)c1cc(C)ccc1OCCC(=O)NC1CC1. The van der Waals surface area contributed by atoms with Gasteiger partial charge in [-0.15, -0.1) is 0 Å². The lowest BCUT2D eigenvalue weighted by Gasteiger charge is -2.10. The van der Waals surface area contributed by atoms with E-state index < -0.39 is 0 Å². The second-order valence-corrected chi connectivity index (χ2v) is 5.00. The van der Waals surface area contributed by atoms with Crippen LogP contribution in [0.1, 0.15) is 42.1 Å². The minimum atomic E-state index is -0.0267. The maximum absolute atomic E-state index is 11.5. The first kappa shape index (κ1) is 13.6. The Labute approximate surface area is 113 Å². The van der Waals surface area contributed by atoms with Crippen molar-refractivity contribution in [1.82, 2.24) is 5.32 Å². The molecule has 1 aromatic rings. The van der Waals surface area contributed by atoms with E-state index in [1.165, 1.54) is 6.92 Å². The van der Waals surface area contributed by atoms with Crippen LogP contribution in [0.25, 0.3) is 0 Å². The molecule has 0 aromatic heterocycles. The number of ether oxygens (including phenoxy) is 1. The van der Waals surface area contributed by atoms with E-state index in [0.29, 0.717) is 30.4 Å². The Hall–Kier alpha value is -1.84. The highest BCUT2D eigenvalue weighted by Crippen LogP contribution is 2.21. The molecular weight excluding hydrogens is 242 g/mol. The summed E-state index contributed by atoms with van der Waals surface area (Å²) in [5, 5.41) is 2.90. The third-order valence-electron chi connectivity index (χ3n) is 3.04. The molecule has 1 amide bonds. The first-order chi connectivity index (χ1) is 9.06. The molecule has 0 heterocycles. The van der Waals surface area contributed by atoms with Crippen LogP contribution in [0.2, 0.25) is 0 Å². The largest absolute Gasteiger partial charge is 0.492 e.